The van der Waals surface area contributed by atoms with Gasteiger partial charge in [-0.25, -0.2) is 12.8 Å². The van der Waals surface area contributed by atoms with E-state index in [2.05, 4.69) is 5.32 Å². The van der Waals surface area contributed by atoms with E-state index in [1.54, 1.807) is 42.5 Å². The summed E-state index contributed by atoms with van der Waals surface area (Å²) in [6.07, 6.45) is 1.12. The Hall–Kier alpha value is -3.79. The lowest BCUT2D eigenvalue weighted by Gasteiger charge is -2.23. The zero-order valence-corrected chi connectivity index (χ0v) is 20.5. The number of hydrogen-bond donors (Lipinski definition) is 1. The van der Waals surface area contributed by atoms with Crippen LogP contribution in [0.15, 0.2) is 66.7 Å². The molecule has 0 heterocycles. The molecular weight excluding hydrogens is 475 g/mol. The fraction of sp³-hybridized carbons (Fsp3) is 0.240. The SMILES string of the molecule is COc1ccc(N(Cc2ccc(C(=O)NCCOc3ccc(F)cc3)cc2)S(C)(=O)=O)cc1OC. The molecule has 0 aromatic heterocycles. The van der Waals surface area contributed by atoms with Crippen molar-refractivity contribution in [3.63, 3.8) is 0 Å². The maximum Gasteiger partial charge on any atom is 0.251 e. The number of benzene rings is 3. The first-order valence-electron chi connectivity index (χ1n) is 10.7. The van der Waals surface area contributed by atoms with Gasteiger partial charge in [0, 0.05) is 11.6 Å². The van der Waals surface area contributed by atoms with Crippen LogP contribution in [0.1, 0.15) is 15.9 Å². The minimum absolute atomic E-state index is 0.0712. The molecule has 3 rings (SSSR count). The van der Waals surface area contributed by atoms with Crippen molar-refractivity contribution in [1.29, 1.82) is 0 Å². The Morgan fingerprint density at radius 1 is 0.943 bits per heavy atom. The maximum atomic E-state index is 12.9. The molecule has 10 heteroatoms. The van der Waals surface area contributed by atoms with Gasteiger partial charge in [-0.15, -0.1) is 0 Å². The predicted molar refractivity (Wildman–Crippen MR) is 131 cm³/mol. The number of methoxy groups -OCH3 is 2. The summed E-state index contributed by atoms with van der Waals surface area (Å²) in [7, 11) is -0.625. The summed E-state index contributed by atoms with van der Waals surface area (Å²) in [5, 5.41) is 2.74. The Balaban J connectivity index is 1.62. The number of hydrogen-bond acceptors (Lipinski definition) is 6. The summed E-state index contributed by atoms with van der Waals surface area (Å²) >= 11 is 0. The van der Waals surface area contributed by atoms with E-state index in [9.17, 15) is 17.6 Å². The molecule has 3 aromatic carbocycles. The van der Waals surface area contributed by atoms with Gasteiger partial charge >= 0.3 is 0 Å². The van der Waals surface area contributed by atoms with Crippen molar-refractivity contribution in [3.8, 4) is 17.2 Å². The van der Waals surface area contributed by atoms with Gasteiger partial charge < -0.3 is 19.5 Å². The van der Waals surface area contributed by atoms with Crippen molar-refractivity contribution in [3.05, 3.63) is 83.7 Å². The van der Waals surface area contributed by atoms with Gasteiger partial charge in [-0.1, -0.05) is 12.1 Å². The van der Waals surface area contributed by atoms with Crippen LogP contribution < -0.4 is 23.8 Å². The van der Waals surface area contributed by atoms with Crippen LogP contribution in [0.25, 0.3) is 0 Å². The zero-order chi connectivity index (χ0) is 25.4. The highest BCUT2D eigenvalue weighted by Gasteiger charge is 2.20. The molecule has 186 valence electrons. The molecule has 0 aliphatic rings. The number of ether oxygens (including phenoxy) is 3. The zero-order valence-electron chi connectivity index (χ0n) is 19.7. The second kappa shape index (κ2) is 11.6. The number of halogens is 1. The van der Waals surface area contributed by atoms with Crippen molar-refractivity contribution >= 4 is 21.6 Å². The Morgan fingerprint density at radius 2 is 1.60 bits per heavy atom. The van der Waals surface area contributed by atoms with Gasteiger partial charge in [-0.3, -0.25) is 9.10 Å². The van der Waals surface area contributed by atoms with E-state index in [1.807, 2.05) is 0 Å². The summed E-state index contributed by atoms with van der Waals surface area (Å²) in [5.74, 6) is 0.767. The van der Waals surface area contributed by atoms with E-state index in [0.717, 1.165) is 6.26 Å². The molecule has 0 radical (unpaired) electrons. The number of nitrogens with zero attached hydrogens (tertiary/aromatic N) is 1. The first kappa shape index (κ1) is 25.8. The normalized spacial score (nSPS) is 11.0. The number of anilines is 1. The summed E-state index contributed by atoms with van der Waals surface area (Å²) in [6, 6.07) is 17.1. The van der Waals surface area contributed by atoms with Crippen LogP contribution in [0.2, 0.25) is 0 Å². The fourth-order valence-electron chi connectivity index (χ4n) is 3.27. The third kappa shape index (κ3) is 7.10. The molecule has 0 spiro atoms. The predicted octanol–water partition coefficient (Wildman–Crippen LogP) is 3.62. The monoisotopic (exact) mass is 502 g/mol. The van der Waals surface area contributed by atoms with Crippen molar-refractivity contribution in [1.82, 2.24) is 5.32 Å². The molecule has 0 bridgehead atoms. The van der Waals surface area contributed by atoms with E-state index < -0.39 is 10.0 Å². The van der Waals surface area contributed by atoms with Crippen LogP contribution >= 0.6 is 0 Å². The van der Waals surface area contributed by atoms with Crippen molar-refractivity contribution in [2.24, 2.45) is 0 Å². The quantitative estimate of drug-likeness (QED) is 0.403. The Labute approximate surface area is 204 Å². The van der Waals surface area contributed by atoms with Crippen molar-refractivity contribution < 1.29 is 31.8 Å². The van der Waals surface area contributed by atoms with Crippen LogP contribution in [0.4, 0.5) is 10.1 Å². The summed E-state index contributed by atoms with van der Waals surface area (Å²) in [4.78, 5) is 12.4. The van der Waals surface area contributed by atoms with Gasteiger partial charge in [0.15, 0.2) is 11.5 Å². The number of carbonyl (C=O) groups excluding carboxylic acids is 1. The number of nitrogens with one attached hydrogen (secondary N) is 1. The van der Waals surface area contributed by atoms with Crippen LogP contribution in [0.3, 0.4) is 0 Å². The second-order valence-electron chi connectivity index (χ2n) is 7.56. The lowest BCUT2D eigenvalue weighted by molar-refractivity contribution is 0.0947. The molecule has 0 aliphatic carbocycles. The van der Waals surface area contributed by atoms with Crippen LogP contribution in [0.5, 0.6) is 17.2 Å². The third-order valence-corrected chi connectivity index (χ3v) is 6.21. The number of rotatable bonds is 11. The second-order valence-corrected chi connectivity index (χ2v) is 9.47. The van der Waals surface area contributed by atoms with E-state index in [1.165, 1.54) is 42.8 Å². The number of sulfonamides is 1. The molecule has 0 aliphatic heterocycles. The van der Waals surface area contributed by atoms with Gasteiger partial charge in [0.25, 0.3) is 5.91 Å². The summed E-state index contributed by atoms with van der Waals surface area (Å²) < 4.78 is 55.1. The van der Waals surface area contributed by atoms with Crippen molar-refractivity contribution in [2.75, 3.05) is 37.9 Å². The standard InChI is InChI=1S/C25H27FN2O6S/c1-32-23-13-10-21(16-24(23)33-2)28(35(3,30)31)17-18-4-6-19(7-5-18)25(29)27-14-15-34-22-11-8-20(26)9-12-22/h4-13,16H,14-15,17H2,1-3H3,(H,27,29). The van der Waals surface area contributed by atoms with Crippen molar-refractivity contribution in [2.45, 2.75) is 6.54 Å². The lowest BCUT2D eigenvalue weighted by Crippen LogP contribution is -2.29. The number of carbonyl (C=O) groups is 1. The summed E-state index contributed by atoms with van der Waals surface area (Å²) in [5.41, 5.74) is 1.54. The average molecular weight is 503 g/mol. The van der Waals surface area contributed by atoms with E-state index in [4.69, 9.17) is 14.2 Å². The average Bonchev–Trinajstić information content (AvgIpc) is 2.85. The van der Waals surface area contributed by atoms with Gasteiger partial charge in [0.2, 0.25) is 10.0 Å². The molecule has 0 unspecified atom stereocenters. The van der Waals surface area contributed by atoms with E-state index in [-0.39, 0.29) is 31.4 Å². The smallest absolute Gasteiger partial charge is 0.251 e. The maximum absolute atomic E-state index is 12.9. The molecule has 35 heavy (non-hydrogen) atoms. The Kier molecular flexibility index (Phi) is 8.53. The first-order valence-corrected chi connectivity index (χ1v) is 12.5. The van der Waals surface area contributed by atoms with Crippen LogP contribution in [0, 0.1) is 5.82 Å². The molecule has 0 saturated carbocycles. The molecule has 0 atom stereocenters. The van der Waals surface area contributed by atoms with Gasteiger partial charge in [0.1, 0.15) is 18.2 Å². The third-order valence-electron chi connectivity index (χ3n) is 5.07. The van der Waals surface area contributed by atoms with Crippen LogP contribution in [-0.2, 0) is 16.6 Å². The Bertz CT molecular complexity index is 1250. The van der Waals surface area contributed by atoms with E-state index in [0.29, 0.717) is 34.1 Å². The van der Waals surface area contributed by atoms with Crippen LogP contribution in [-0.4, -0.2) is 48.0 Å². The highest BCUT2D eigenvalue weighted by molar-refractivity contribution is 7.92. The molecular formula is C25H27FN2O6S. The largest absolute Gasteiger partial charge is 0.493 e. The van der Waals surface area contributed by atoms with Gasteiger partial charge in [0.05, 0.1) is 39.3 Å². The molecule has 1 amide bonds. The molecule has 8 nitrogen and oxygen atoms in total. The van der Waals surface area contributed by atoms with Gasteiger partial charge in [-0.05, 0) is 54.1 Å². The topological polar surface area (TPSA) is 94.2 Å². The number of amides is 1. The Morgan fingerprint density at radius 3 is 2.20 bits per heavy atom. The highest BCUT2D eigenvalue weighted by Crippen LogP contribution is 2.33. The molecule has 0 fully saturated rings. The summed E-state index contributed by atoms with van der Waals surface area (Å²) in [6.45, 7) is 0.560. The fourth-order valence-corrected chi connectivity index (χ4v) is 4.15. The molecule has 1 N–H and O–H groups in total. The first-order chi connectivity index (χ1) is 16.7. The van der Waals surface area contributed by atoms with E-state index >= 15 is 0 Å². The van der Waals surface area contributed by atoms with Gasteiger partial charge in [-0.2, -0.15) is 0 Å². The minimum atomic E-state index is -3.60. The molecule has 0 saturated heterocycles. The minimum Gasteiger partial charge on any atom is -0.493 e. The lowest BCUT2D eigenvalue weighted by atomic mass is 10.1. The highest BCUT2D eigenvalue weighted by atomic mass is 32.2. The molecule has 3 aromatic rings.